The smallest absolute Gasteiger partial charge is 0.333 e. The zero-order chi connectivity index (χ0) is 9.40. The predicted octanol–water partition coefficient (Wildman–Crippen LogP) is 2.46. The summed E-state index contributed by atoms with van der Waals surface area (Å²) in [5.41, 5.74) is 0.769. The summed E-state index contributed by atoms with van der Waals surface area (Å²) < 4.78 is 4.55. The van der Waals surface area contributed by atoms with Gasteiger partial charge in [0.2, 0.25) is 0 Å². The highest BCUT2D eigenvalue weighted by Crippen LogP contribution is 2.12. The predicted molar refractivity (Wildman–Crippen MR) is 49.8 cm³/mol. The molecule has 0 bridgehead atoms. The standard InChI is InChI=1S/C8H10O2.C2H6/c1-10-8(9)7-5-3-2-4-6-7;1-2/h2-3,5H,4,6H2,1H3;1-2H3. The van der Waals surface area contributed by atoms with Crippen LogP contribution in [0.5, 0.6) is 0 Å². The van der Waals surface area contributed by atoms with Gasteiger partial charge in [0.1, 0.15) is 0 Å². The Morgan fingerprint density at radius 2 is 2.17 bits per heavy atom. The zero-order valence-corrected chi connectivity index (χ0v) is 7.96. The highest BCUT2D eigenvalue weighted by molar-refractivity contribution is 5.88. The van der Waals surface area contributed by atoms with Gasteiger partial charge < -0.3 is 4.74 Å². The maximum Gasteiger partial charge on any atom is 0.333 e. The lowest BCUT2D eigenvalue weighted by atomic mass is 10.1. The number of ether oxygens (including phenoxy) is 1. The quantitative estimate of drug-likeness (QED) is 0.562. The van der Waals surface area contributed by atoms with E-state index in [1.807, 2.05) is 26.0 Å². The van der Waals surface area contributed by atoms with Gasteiger partial charge in [0.15, 0.2) is 0 Å². The van der Waals surface area contributed by atoms with E-state index in [2.05, 4.69) is 4.74 Å². The second kappa shape index (κ2) is 6.65. The summed E-state index contributed by atoms with van der Waals surface area (Å²) in [6, 6.07) is 0. The normalized spacial score (nSPS) is 14.1. The number of carbonyl (C=O) groups is 1. The maximum absolute atomic E-state index is 10.8. The first-order valence-corrected chi connectivity index (χ1v) is 4.28. The van der Waals surface area contributed by atoms with Gasteiger partial charge in [-0.3, -0.25) is 0 Å². The molecule has 0 aliphatic heterocycles. The highest BCUT2D eigenvalue weighted by Gasteiger charge is 2.08. The van der Waals surface area contributed by atoms with Crippen molar-refractivity contribution in [1.29, 1.82) is 0 Å². The fraction of sp³-hybridized carbons (Fsp3) is 0.500. The van der Waals surface area contributed by atoms with Gasteiger partial charge in [-0.25, -0.2) is 4.79 Å². The summed E-state index contributed by atoms with van der Waals surface area (Å²) in [5, 5.41) is 0. The minimum atomic E-state index is -0.204. The van der Waals surface area contributed by atoms with E-state index in [1.54, 1.807) is 6.08 Å². The molecular formula is C10H16O2. The van der Waals surface area contributed by atoms with E-state index in [-0.39, 0.29) is 5.97 Å². The average molecular weight is 168 g/mol. The van der Waals surface area contributed by atoms with Crippen LogP contribution >= 0.6 is 0 Å². The number of hydrogen-bond acceptors (Lipinski definition) is 2. The Hall–Kier alpha value is -1.05. The van der Waals surface area contributed by atoms with Crippen LogP contribution < -0.4 is 0 Å². The van der Waals surface area contributed by atoms with Crippen LogP contribution in [0, 0.1) is 0 Å². The van der Waals surface area contributed by atoms with Crippen molar-refractivity contribution in [2.24, 2.45) is 0 Å². The molecule has 0 saturated carbocycles. The van der Waals surface area contributed by atoms with E-state index in [0.717, 1.165) is 18.4 Å². The molecule has 2 nitrogen and oxygen atoms in total. The largest absolute Gasteiger partial charge is 0.466 e. The minimum Gasteiger partial charge on any atom is -0.466 e. The summed E-state index contributed by atoms with van der Waals surface area (Å²) >= 11 is 0. The maximum atomic E-state index is 10.8. The molecule has 0 N–H and O–H groups in total. The van der Waals surface area contributed by atoms with E-state index in [1.165, 1.54) is 7.11 Å². The molecule has 0 saturated heterocycles. The van der Waals surface area contributed by atoms with E-state index in [9.17, 15) is 4.79 Å². The van der Waals surface area contributed by atoms with Crippen molar-refractivity contribution < 1.29 is 9.53 Å². The van der Waals surface area contributed by atoms with E-state index >= 15 is 0 Å². The summed E-state index contributed by atoms with van der Waals surface area (Å²) in [6.07, 6.45) is 7.47. The minimum absolute atomic E-state index is 0.204. The first-order chi connectivity index (χ1) is 5.84. The molecule has 0 spiro atoms. The molecule has 1 aliphatic rings. The van der Waals surface area contributed by atoms with Crippen LogP contribution in [0.4, 0.5) is 0 Å². The van der Waals surface area contributed by atoms with Gasteiger partial charge in [0.25, 0.3) is 0 Å². The van der Waals surface area contributed by atoms with Crippen LogP contribution in [-0.4, -0.2) is 13.1 Å². The third-order valence-corrected chi connectivity index (χ3v) is 1.46. The first kappa shape index (κ1) is 11.0. The molecule has 68 valence electrons. The Bertz CT molecular complexity index is 190. The van der Waals surface area contributed by atoms with Gasteiger partial charge in [-0.05, 0) is 12.8 Å². The lowest BCUT2D eigenvalue weighted by Gasteiger charge is -2.04. The molecule has 1 aliphatic carbocycles. The zero-order valence-electron chi connectivity index (χ0n) is 7.96. The molecule has 1 rings (SSSR count). The molecule has 0 aromatic carbocycles. The first-order valence-electron chi connectivity index (χ1n) is 4.28. The van der Waals surface area contributed by atoms with Crippen molar-refractivity contribution in [2.45, 2.75) is 26.7 Å². The lowest BCUT2D eigenvalue weighted by Crippen LogP contribution is -2.05. The van der Waals surface area contributed by atoms with Gasteiger partial charge in [-0.1, -0.05) is 32.1 Å². The van der Waals surface area contributed by atoms with E-state index < -0.39 is 0 Å². The summed E-state index contributed by atoms with van der Waals surface area (Å²) in [6.45, 7) is 4.00. The molecule has 0 amide bonds. The Morgan fingerprint density at radius 1 is 1.50 bits per heavy atom. The summed E-state index contributed by atoms with van der Waals surface area (Å²) in [4.78, 5) is 10.8. The monoisotopic (exact) mass is 168 g/mol. The van der Waals surface area contributed by atoms with Gasteiger partial charge in [-0.2, -0.15) is 0 Å². The van der Waals surface area contributed by atoms with Crippen LogP contribution in [-0.2, 0) is 9.53 Å². The van der Waals surface area contributed by atoms with E-state index in [4.69, 9.17) is 0 Å². The molecule has 12 heavy (non-hydrogen) atoms. The third kappa shape index (κ3) is 3.37. The number of allylic oxidation sites excluding steroid dienone is 3. The fourth-order valence-electron chi connectivity index (χ4n) is 0.904. The Morgan fingerprint density at radius 3 is 2.58 bits per heavy atom. The van der Waals surface area contributed by atoms with Crippen LogP contribution in [0.3, 0.4) is 0 Å². The number of rotatable bonds is 1. The highest BCUT2D eigenvalue weighted by atomic mass is 16.5. The van der Waals surface area contributed by atoms with Crippen molar-refractivity contribution in [3.8, 4) is 0 Å². The summed E-state index contributed by atoms with van der Waals surface area (Å²) in [5.74, 6) is -0.204. The molecule has 0 fully saturated rings. The third-order valence-electron chi connectivity index (χ3n) is 1.46. The Balaban J connectivity index is 0.000000561. The number of methoxy groups -OCH3 is 1. The molecule has 2 heteroatoms. The molecule has 0 aromatic heterocycles. The van der Waals surface area contributed by atoms with Crippen LogP contribution in [0.25, 0.3) is 0 Å². The number of hydrogen-bond donors (Lipinski definition) is 0. The summed E-state index contributed by atoms with van der Waals surface area (Å²) in [7, 11) is 1.40. The second-order valence-corrected chi connectivity index (χ2v) is 2.15. The molecule has 0 unspecified atom stereocenters. The fourth-order valence-corrected chi connectivity index (χ4v) is 0.904. The van der Waals surface area contributed by atoms with Crippen molar-refractivity contribution in [2.75, 3.05) is 7.11 Å². The Kier molecular flexibility index (Phi) is 6.07. The van der Waals surface area contributed by atoms with Gasteiger partial charge >= 0.3 is 5.97 Å². The van der Waals surface area contributed by atoms with Crippen molar-refractivity contribution >= 4 is 5.97 Å². The van der Waals surface area contributed by atoms with Crippen molar-refractivity contribution in [1.82, 2.24) is 0 Å². The average Bonchev–Trinajstić information content (AvgIpc) is 2.21. The van der Waals surface area contributed by atoms with Crippen LogP contribution in [0.2, 0.25) is 0 Å². The number of carbonyl (C=O) groups excluding carboxylic acids is 1. The lowest BCUT2D eigenvalue weighted by molar-refractivity contribution is -0.136. The molecule has 0 aromatic rings. The van der Waals surface area contributed by atoms with Crippen LogP contribution in [0.1, 0.15) is 26.7 Å². The van der Waals surface area contributed by atoms with Crippen molar-refractivity contribution in [3.05, 3.63) is 23.8 Å². The van der Waals surface area contributed by atoms with Gasteiger partial charge in [-0.15, -0.1) is 0 Å². The molecule has 0 atom stereocenters. The van der Waals surface area contributed by atoms with Gasteiger partial charge in [0.05, 0.1) is 7.11 Å². The van der Waals surface area contributed by atoms with Crippen molar-refractivity contribution in [3.63, 3.8) is 0 Å². The van der Waals surface area contributed by atoms with Gasteiger partial charge in [0, 0.05) is 5.57 Å². The number of esters is 1. The molecule has 0 radical (unpaired) electrons. The van der Waals surface area contributed by atoms with Crippen LogP contribution in [0.15, 0.2) is 23.8 Å². The Labute approximate surface area is 73.9 Å². The topological polar surface area (TPSA) is 26.3 Å². The molecule has 0 heterocycles. The van der Waals surface area contributed by atoms with E-state index in [0.29, 0.717) is 0 Å². The SMILES string of the molecule is CC.COC(=O)C1=CC=CCC1. The second-order valence-electron chi connectivity index (χ2n) is 2.15. The molecular weight excluding hydrogens is 152 g/mol.